The van der Waals surface area contributed by atoms with Gasteiger partial charge in [-0.1, -0.05) is 54.6 Å². The van der Waals surface area contributed by atoms with Gasteiger partial charge in [-0.25, -0.2) is 4.68 Å². The standard InChI is InChI=1S/C28H28N4O2/c1-21-9-8-12-23(19-21)32-26(20-24(29-32)22-10-4-3-5-11-22)28(33)31-17-15-30(16-18-31)25-13-6-7-14-27(25)34-2/h3-14,19-20H,15-18H2,1-2H3. The molecule has 1 aromatic heterocycles. The Morgan fingerprint density at radius 1 is 0.853 bits per heavy atom. The van der Waals surface area contributed by atoms with Crippen LogP contribution in [0, 0.1) is 6.92 Å². The number of hydrogen-bond donors (Lipinski definition) is 0. The number of benzene rings is 3. The lowest BCUT2D eigenvalue weighted by molar-refractivity contribution is 0.0737. The van der Waals surface area contributed by atoms with Gasteiger partial charge in [-0.15, -0.1) is 0 Å². The molecular formula is C28H28N4O2. The number of rotatable bonds is 5. The third-order valence-electron chi connectivity index (χ3n) is 6.24. The monoisotopic (exact) mass is 452 g/mol. The first kappa shape index (κ1) is 21.8. The molecule has 0 radical (unpaired) electrons. The van der Waals surface area contributed by atoms with Gasteiger partial charge in [0.1, 0.15) is 11.4 Å². The van der Waals surface area contributed by atoms with Crippen molar-refractivity contribution in [2.24, 2.45) is 0 Å². The summed E-state index contributed by atoms with van der Waals surface area (Å²) in [6, 6.07) is 28.0. The summed E-state index contributed by atoms with van der Waals surface area (Å²) in [5.74, 6) is 0.850. The summed E-state index contributed by atoms with van der Waals surface area (Å²) in [5, 5.41) is 4.84. The van der Waals surface area contributed by atoms with Crippen molar-refractivity contribution >= 4 is 11.6 Å². The summed E-state index contributed by atoms with van der Waals surface area (Å²) in [6.45, 7) is 4.81. The molecule has 3 aromatic carbocycles. The molecule has 4 aromatic rings. The van der Waals surface area contributed by atoms with Gasteiger partial charge in [0.2, 0.25) is 0 Å². The highest BCUT2D eigenvalue weighted by Crippen LogP contribution is 2.29. The molecule has 172 valence electrons. The largest absolute Gasteiger partial charge is 0.495 e. The topological polar surface area (TPSA) is 50.6 Å². The highest BCUT2D eigenvalue weighted by Gasteiger charge is 2.27. The van der Waals surface area contributed by atoms with Gasteiger partial charge in [0, 0.05) is 31.7 Å². The molecule has 0 aliphatic carbocycles. The molecule has 34 heavy (non-hydrogen) atoms. The zero-order chi connectivity index (χ0) is 23.5. The van der Waals surface area contributed by atoms with Gasteiger partial charge in [0.15, 0.2) is 0 Å². The zero-order valence-electron chi connectivity index (χ0n) is 19.5. The van der Waals surface area contributed by atoms with Crippen LogP contribution in [0.2, 0.25) is 0 Å². The van der Waals surface area contributed by atoms with E-state index in [1.807, 2.05) is 84.6 Å². The van der Waals surface area contributed by atoms with Crippen LogP contribution in [0.5, 0.6) is 5.75 Å². The second kappa shape index (κ2) is 9.43. The number of para-hydroxylation sites is 2. The minimum Gasteiger partial charge on any atom is -0.495 e. The van der Waals surface area contributed by atoms with Crippen LogP contribution < -0.4 is 9.64 Å². The van der Waals surface area contributed by atoms with Gasteiger partial charge >= 0.3 is 0 Å². The summed E-state index contributed by atoms with van der Waals surface area (Å²) in [6.07, 6.45) is 0. The van der Waals surface area contributed by atoms with Gasteiger partial charge in [-0.05, 0) is 42.8 Å². The fourth-order valence-electron chi connectivity index (χ4n) is 4.44. The van der Waals surface area contributed by atoms with Gasteiger partial charge < -0.3 is 14.5 Å². The lowest BCUT2D eigenvalue weighted by Gasteiger charge is -2.36. The van der Waals surface area contributed by atoms with Crippen LogP contribution in [0.25, 0.3) is 16.9 Å². The Kier molecular flexibility index (Phi) is 6.04. The third-order valence-corrected chi connectivity index (χ3v) is 6.24. The average Bonchev–Trinajstić information content (AvgIpc) is 3.34. The Morgan fingerprint density at radius 3 is 2.32 bits per heavy atom. The smallest absolute Gasteiger partial charge is 0.272 e. The molecule has 0 atom stereocenters. The molecule has 1 saturated heterocycles. The fourth-order valence-corrected chi connectivity index (χ4v) is 4.44. The molecule has 6 heteroatoms. The molecule has 6 nitrogen and oxygen atoms in total. The quantitative estimate of drug-likeness (QED) is 0.436. The van der Waals surface area contributed by atoms with Crippen LogP contribution in [0.1, 0.15) is 16.1 Å². The lowest BCUT2D eigenvalue weighted by Crippen LogP contribution is -2.49. The highest BCUT2D eigenvalue weighted by atomic mass is 16.5. The van der Waals surface area contributed by atoms with Gasteiger partial charge in [0.05, 0.1) is 24.2 Å². The fraction of sp³-hybridized carbons (Fsp3) is 0.214. The van der Waals surface area contributed by atoms with E-state index in [-0.39, 0.29) is 5.91 Å². The highest BCUT2D eigenvalue weighted by molar-refractivity contribution is 5.94. The Labute approximate surface area is 200 Å². The summed E-state index contributed by atoms with van der Waals surface area (Å²) >= 11 is 0. The minimum atomic E-state index is -0.00383. The van der Waals surface area contributed by atoms with E-state index in [2.05, 4.69) is 17.0 Å². The van der Waals surface area contributed by atoms with Crippen molar-refractivity contribution in [1.29, 1.82) is 0 Å². The Balaban J connectivity index is 1.43. The van der Waals surface area contributed by atoms with Crippen molar-refractivity contribution in [3.63, 3.8) is 0 Å². The number of anilines is 1. The number of ether oxygens (including phenoxy) is 1. The Hall–Kier alpha value is -4.06. The van der Waals surface area contributed by atoms with Crippen LogP contribution in [0.4, 0.5) is 5.69 Å². The number of nitrogens with zero attached hydrogens (tertiary/aromatic N) is 4. The number of carbonyl (C=O) groups is 1. The maximum Gasteiger partial charge on any atom is 0.272 e. The molecule has 0 spiro atoms. The minimum absolute atomic E-state index is 0.00383. The number of amides is 1. The number of hydrogen-bond acceptors (Lipinski definition) is 4. The molecule has 0 bridgehead atoms. The Bertz CT molecular complexity index is 1290. The van der Waals surface area contributed by atoms with E-state index in [9.17, 15) is 4.79 Å². The molecule has 1 fully saturated rings. The Morgan fingerprint density at radius 2 is 1.59 bits per heavy atom. The van der Waals surface area contributed by atoms with E-state index in [1.165, 1.54) is 0 Å². The summed E-state index contributed by atoms with van der Waals surface area (Å²) in [4.78, 5) is 17.9. The molecule has 0 N–H and O–H groups in total. The SMILES string of the molecule is COc1ccccc1N1CCN(C(=O)c2cc(-c3ccccc3)nn2-c2cccc(C)c2)CC1. The van der Waals surface area contributed by atoms with Crippen molar-refractivity contribution in [3.05, 3.63) is 96.2 Å². The van der Waals surface area contributed by atoms with Crippen LogP contribution >= 0.6 is 0 Å². The molecule has 1 aliphatic rings. The molecule has 1 amide bonds. The first-order valence-corrected chi connectivity index (χ1v) is 11.5. The predicted octanol–water partition coefficient (Wildman–Crippen LogP) is 4.82. The van der Waals surface area contributed by atoms with Crippen molar-refractivity contribution in [2.75, 3.05) is 38.2 Å². The number of piperazine rings is 1. The average molecular weight is 453 g/mol. The van der Waals surface area contributed by atoms with Gasteiger partial charge in [-0.2, -0.15) is 5.10 Å². The molecule has 0 unspecified atom stereocenters. The zero-order valence-corrected chi connectivity index (χ0v) is 19.5. The molecule has 2 heterocycles. The van der Waals surface area contributed by atoms with E-state index in [1.54, 1.807) is 11.8 Å². The predicted molar refractivity (Wildman–Crippen MR) is 135 cm³/mol. The van der Waals surface area contributed by atoms with E-state index < -0.39 is 0 Å². The summed E-state index contributed by atoms with van der Waals surface area (Å²) < 4.78 is 7.31. The van der Waals surface area contributed by atoms with Crippen molar-refractivity contribution in [3.8, 4) is 22.7 Å². The lowest BCUT2D eigenvalue weighted by atomic mass is 10.1. The molecule has 5 rings (SSSR count). The first-order chi connectivity index (χ1) is 16.6. The molecule has 1 aliphatic heterocycles. The van der Waals surface area contributed by atoms with E-state index >= 15 is 0 Å². The van der Waals surface area contributed by atoms with E-state index in [0.29, 0.717) is 18.8 Å². The second-order valence-corrected chi connectivity index (χ2v) is 8.48. The van der Waals surface area contributed by atoms with Crippen molar-refractivity contribution in [2.45, 2.75) is 6.92 Å². The number of carbonyl (C=O) groups excluding carboxylic acids is 1. The summed E-state index contributed by atoms with van der Waals surface area (Å²) in [5.41, 5.74) is 5.43. The normalized spacial score (nSPS) is 13.7. The van der Waals surface area contributed by atoms with Crippen LogP contribution in [-0.2, 0) is 0 Å². The molecular weight excluding hydrogens is 424 g/mol. The van der Waals surface area contributed by atoms with Crippen molar-refractivity contribution in [1.82, 2.24) is 14.7 Å². The van der Waals surface area contributed by atoms with E-state index in [4.69, 9.17) is 9.84 Å². The van der Waals surface area contributed by atoms with Crippen LogP contribution in [-0.4, -0.2) is 53.9 Å². The van der Waals surface area contributed by atoms with Crippen molar-refractivity contribution < 1.29 is 9.53 Å². The number of aromatic nitrogens is 2. The van der Waals surface area contributed by atoms with Crippen LogP contribution in [0.3, 0.4) is 0 Å². The number of methoxy groups -OCH3 is 1. The van der Waals surface area contributed by atoms with E-state index in [0.717, 1.165) is 47.0 Å². The summed E-state index contributed by atoms with van der Waals surface area (Å²) in [7, 11) is 1.69. The van der Waals surface area contributed by atoms with Gasteiger partial charge in [0.25, 0.3) is 5.91 Å². The maximum absolute atomic E-state index is 13.7. The first-order valence-electron chi connectivity index (χ1n) is 11.5. The second-order valence-electron chi connectivity index (χ2n) is 8.48. The van der Waals surface area contributed by atoms with Crippen LogP contribution in [0.15, 0.2) is 84.9 Å². The molecule has 0 saturated carbocycles. The third kappa shape index (κ3) is 4.27. The van der Waals surface area contributed by atoms with Gasteiger partial charge in [-0.3, -0.25) is 4.79 Å². The number of aryl methyl sites for hydroxylation is 1. The maximum atomic E-state index is 13.7.